The lowest BCUT2D eigenvalue weighted by molar-refractivity contribution is -0.118. The van der Waals surface area contributed by atoms with Gasteiger partial charge in [0.2, 0.25) is 5.78 Å². The smallest absolute Gasteiger partial charge is 0.338 e. The molecule has 20 heavy (non-hydrogen) atoms. The Morgan fingerprint density at radius 2 is 1.85 bits per heavy atom. The molecule has 0 aliphatic heterocycles. The van der Waals surface area contributed by atoms with Crippen molar-refractivity contribution in [1.82, 2.24) is 0 Å². The number of hydrogen-bond donors (Lipinski definition) is 1. The average molecular weight is 269 g/mol. The van der Waals surface area contributed by atoms with E-state index in [1.165, 1.54) is 31.2 Å². The van der Waals surface area contributed by atoms with Gasteiger partial charge in [-0.2, -0.15) is 10.5 Å². The molecule has 0 amide bonds. The number of ether oxygens (including phenoxy) is 1. The number of esters is 1. The summed E-state index contributed by atoms with van der Waals surface area (Å²) in [4.78, 5) is 23.2. The molecule has 0 spiro atoms. The second kappa shape index (κ2) is 6.72. The monoisotopic (exact) mass is 269 g/mol. The largest absolute Gasteiger partial charge is 0.454 e. The minimum atomic E-state index is -0.713. The van der Waals surface area contributed by atoms with E-state index < -0.39 is 18.4 Å². The Morgan fingerprint density at radius 1 is 1.25 bits per heavy atom. The second-order valence-electron chi connectivity index (χ2n) is 3.86. The summed E-state index contributed by atoms with van der Waals surface area (Å²) in [5, 5.41) is 17.4. The first-order valence-corrected chi connectivity index (χ1v) is 5.56. The van der Waals surface area contributed by atoms with E-state index in [0.717, 1.165) is 0 Å². The molecule has 6 nitrogen and oxygen atoms in total. The van der Waals surface area contributed by atoms with Gasteiger partial charge in [0.1, 0.15) is 11.6 Å². The van der Waals surface area contributed by atoms with E-state index in [0.29, 0.717) is 5.56 Å². The highest BCUT2D eigenvalue weighted by Gasteiger charge is 2.15. The number of carbonyl (C=O) groups is 2. The summed E-state index contributed by atoms with van der Waals surface area (Å²) in [6.07, 6.45) is 0. The van der Waals surface area contributed by atoms with Crippen LogP contribution in [0.5, 0.6) is 0 Å². The maximum atomic E-state index is 11.6. The lowest BCUT2D eigenvalue weighted by Crippen LogP contribution is -2.17. The van der Waals surface area contributed by atoms with Crippen molar-refractivity contribution in [2.75, 3.05) is 6.61 Å². The predicted molar refractivity (Wildman–Crippen MR) is 68.9 cm³/mol. The Bertz CT molecular complexity index is 642. The zero-order valence-electron chi connectivity index (χ0n) is 10.7. The summed E-state index contributed by atoms with van der Waals surface area (Å²) in [5.41, 5.74) is 5.83. The third kappa shape index (κ3) is 3.69. The normalized spacial score (nSPS) is 10.8. The van der Waals surface area contributed by atoms with Crippen LogP contribution in [0.1, 0.15) is 22.8 Å². The van der Waals surface area contributed by atoms with E-state index in [9.17, 15) is 9.59 Å². The Labute approximate surface area is 115 Å². The van der Waals surface area contributed by atoms with Crippen molar-refractivity contribution in [2.24, 2.45) is 5.73 Å². The van der Waals surface area contributed by atoms with E-state index in [4.69, 9.17) is 21.0 Å². The first-order chi connectivity index (χ1) is 9.49. The number of Topliss-reactive ketones (excluding diaryl/α,β-unsaturated/α-hetero) is 1. The number of nitriles is 2. The molecular weight excluding hydrogens is 258 g/mol. The van der Waals surface area contributed by atoms with Crippen LogP contribution in [0.4, 0.5) is 0 Å². The summed E-state index contributed by atoms with van der Waals surface area (Å²) in [6, 6.07) is 9.33. The van der Waals surface area contributed by atoms with Crippen LogP contribution in [0.25, 0.3) is 0 Å². The molecule has 0 aliphatic carbocycles. The summed E-state index contributed by atoms with van der Waals surface area (Å²) in [5.74, 6) is -1.37. The Morgan fingerprint density at radius 3 is 2.30 bits per heavy atom. The van der Waals surface area contributed by atoms with Gasteiger partial charge < -0.3 is 10.5 Å². The molecule has 1 aromatic rings. The molecule has 0 saturated carbocycles. The Kier molecular flexibility index (Phi) is 5.02. The summed E-state index contributed by atoms with van der Waals surface area (Å²) < 4.78 is 4.78. The first kappa shape index (κ1) is 14.9. The third-order valence-corrected chi connectivity index (χ3v) is 2.37. The number of nitrogens with zero attached hydrogens (tertiary/aromatic N) is 2. The van der Waals surface area contributed by atoms with Gasteiger partial charge in [-0.3, -0.25) is 4.79 Å². The topological polar surface area (TPSA) is 117 Å². The van der Waals surface area contributed by atoms with Gasteiger partial charge in [-0.1, -0.05) is 0 Å². The molecule has 6 heteroatoms. The molecule has 1 aromatic carbocycles. The number of benzene rings is 1. The van der Waals surface area contributed by atoms with Crippen LogP contribution in [0.15, 0.2) is 35.5 Å². The van der Waals surface area contributed by atoms with Crippen LogP contribution < -0.4 is 5.73 Å². The van der Waals surface area contributed by atoms with Gasteiger partial charge in [-0.25, -0.2) is 4.79 Å². The molecule has 0 fully saturated rings. The lowest BCUT2D eigenvalue weighted by atomic mass is 10.1. The van der Waals surface area contributed by atoms with Gasteiger partial charge in [0.25, 0.3) is 0 Å². The van der Waals surface area contributed by atoms with Crippen molar-refractivity contribution >= 4 is 11.8 Å². The average Bonchev–Trinajstić information content (AvgIpc) is 2.45. The maximum absolute atomic E-state index is 11.6. The molecule has 1 rings (SSSR count). The van der Waals surface area contributed by atoms with Crippen LogP contribution in [-0.4, -0.2) is 18.4 Å². The third-order valence-electron chi connectivity index (χ3n) is 2.37. The quantitative estimate of drug-likeness (QED) is 0.495. The van der Waals surface area contributed by atoms with E-state index in [2.05, 4.69) is 0 Å². The number of ketones is 1. The van der Waals surface area contributed by atoms with E-state index in [-0.39, 0.29) is 16.8 Å². The number of allylic oxidation sites excluding steroid dienone is 1. The van der Waals surface area contributed by atoms with Crippen LogP contribution in [0.3, 0.4) is 0 Å². The van der Waals surface area contributed by atoms with Gasteiger partial charge in [0.15, 0.2) is 6.61 Å². The number of rotatable bonds is 4. The van der Waals surface area contributed by atoms with Crippen molar-refractivity contribution in [3.8, 4) is 12.1 Å². The predicted octanol–water partition coefficient (Wildman–Crippen LogP) is 1.04. The van der Waals surface area contributed by atoms with Crippen molar-refractivity contribution in [1.29, 1.82) is 10.5 Å². The minimum absolute atomic E-state index is 0.0759. The van der Waals surface area contributed by atoms with Gasteiger partial charge in [-0.05, 0) is 31.2 Å². The van der Waals surface area contributed by atoms with Crippen LogP contribution in [0.2, 0.25) is 0 Å². The summed E-state index contributed by atoms with van der Waals surface area (Å²) in [7, 11) is 0. The number of carbonyl (C=O) groups excluding carboxylic acids is 2. The highest BCUT2D eigenvalue weighted by atomic mass is 16.5. The van der Waals surface area contributed by atoms with Crippen molar-refractivity contribution in [2.45, 2.75) is 6.92 Å². The van der Waals surface area contributed by atoms with Crippen LogP contribution in [-0.2, 0) is 9.53 Å². The van der Waals surface area contributed by atoms with Crippen molar-refractivity contribution in [3.05, 3.63) is 46.7 Å². The summed E-state index contributed by atoms with van der Waals surface area (Å²) >= 11 is 0. The fourth-order valence-corrected chi connectivity index (χ4v) is 1.34. The SMILES string of the molecule is C/C(N)=C(/C#N)C(=O)COC(=O)c1ccc(C#N)cc1. The zero-order chi connectivity index (χ0) is 15.1. The fourth-order valence-electron chi connectivity index (χ4n) is 1.34. The van der Waals surface area contributed by atoms with Crippen molar-refractivity contribution in [3.63, 3.8) is 0 Å². The number of hydrogen-bond acceptors (Lipinski definition) is 6. The van der Waals surface area contributed by atoms with E-state index >= 15 is 0 Å². The van der Waals surface area contributed by atoms with Gasteiger partial charge >= 0.3 is 5.97 Å². The Balaban J connectivity index is 2.69. The van der Waals surface area contributed by atoms with E-state index in [1.54, 1.807) is 6.07 Å². The standard InChI is InChI=1S/C14H11N3O3/c1-9(17)12(7-16)13(18)8-20-14(19)11-4-2-10(6-15)3-5-11/h2-5H,8,17H2,1H3/b12-9+. The highest BCUT2D eigenvalue weighted by Crippen LogP contribution is 2.06. The molecule has 0 radical (unpaired) electrons. The summed E-state index contributed by atoms with van der Waals surface area (Å²) in [6.45, 7) is 0.856. The minimum Gasteiger partial charge on any atom is -0.454 e. The molecule has 2 N–H and O–H groups in total. The molecule has 0 unspecified atom stereocenters. The molecule has 0 aromatic heterocycles. The fraction of sp³-hybridized carbons (Fsp3) is 0.143. The van der Waals surface area contributed by atoms with Crippen LogP contribution in [0, 0.1) is 22.7 Å². The molecule has 0 aliphatic rings. The Hall–Kier alpha value is -3.12. The maximum Gasteiger partial charge on any atom is 0.338 e. The molecule has 100 valence electrons. The number of nitrogens with two attached hydrogens (primary N) is 1. The lowest BCUT2D eigenvalue weighted by Gasteiger charge is -2.04. The first-order valence-electron chi connectivity index (χ1n) is 5.56. The van der Waals surface area contributed by atoms with Crippen molar-refractivity contribution < 1.29 is 14.3 Å². The van der Waals surface area contributed by atoms with Crippen LogP contribution >= 0.6 is 0 Å². The molecular formula is C14H11N3O3. The molecule has 0 bridgehead atoms. The second-order valence-corrected chi connectivity index (χ2v) is 3.86. The molecule has 0 heterocycles. The van der Waals surface area contributed by atoms with E-state index in [1.807, 2.05) is 6.07 Å². The van der Waals surface area contributed by atoms with Gasteiger partial charge in [0.05, 0.1) is 17.2 Å². The molecule has 0 atom stereocenters. The van der Waals surface area contributed by atoms with Gasteiger partial charge in [0, 0.05) is 5.70 Å². The highest BCUT2D eigenvalue weighted by molar-refractivity contribution is 6.02. The molecule has 0 saturated heterocycles. The van der Waals surface area contributed by atoms with Gasteiger partial charge in [-0.15, -0.1) is 0 Å². The zero-order valence-corrected chi connectivity index (χ0v) is 10.7.